The predicted octanol–water partition coefficient (Wildman–Crippen LogP) is -0.869. The topological polar surface area (TPSA) is 81.3 Å². The summed E-state index contributed by atoms with van der Waals surface area (Å²) < 4.78 is 0. The molecule has 0 aliphatic heterocycles. The maximum atomic E-state index is 10.7. The van der Waals surface area contributed by atoms with Crippen LogP contribution in [-0.2, 0) is 4.79 Å². The van der Waals surface area contributed by atoms with Crippen LogP contribution in [0.4, 0.5) is 0 Å². The second-order valence-corrected chi connectivity index (χ2v) is 2.39. The van der Waals surface area contributed by atoms with Crippen molar-refractivity contribution in [1.82, 2.24) is 0 Å². The average Bonchev–Trinajstić information content (AvgIpc) is 1.96. The number of carbonyl (C=O) groups is 1. The van der Waals surface area contributed by atoms with Crippen molar-refractivity contribution in [2.75, 3.05) is 0 Å². The van der Waals surface area contributed by atoms with E-state index in [9.17, 15) is 4.79 Å². The fraction of sp³-hybridized carbons (Fsp3) is 0.429. The van der Waals surface area contributed by atoms with Crippen molar-refractivity contribution in [3.63, 3.8) is 0 Å². The Morgan fingerprint density at radius 3 is 2.82 bits per heavy atom. The second-order valence-electron chi connectivity index (χ2n) is 2.39. The first-order valence-electron chi connectivity index (χ1n) is 3.16. The van der Waals surface area contributed by atoms with Gasteiger partial charge in [-0.05, 0) is 6.08 Å². The lowest BCUT2D eigenvalue weighted by atomic mass is 9.94. The fourth-order valence-electron chi connectivity index (χ4n) is 0.941. The molecule has 2 atom stereocenters. The molecule has 0 aromatic heterocycles. The molecule has 0 spiro atoms. The highest BCUT2D eigenvalue weighted by molar-refractivity contribution is 5.92. The molecule has 11 heavy (non-hydrogen) atoms. The molecule has 1 aliphatic rings. The lowest BCUT2D eigenvalue weighted by Gasteiger charge is -2.19. The van der Waals surface area contributed by atoms with Gasteiger partial charge in [-0.3, -0.25) is 4.79 Å². The smallest absolute Gasteiger partial charge is 0.159 e. The van der Waals surface area contributed by atoms with Gasteiger partial charge in [0, 0.05) is 6.42 Å². The Balaban J connectivity index is 2.92. The van der Waals surface area contributed by atoms with E-state index < -0.39 is 12.2 Å². The molecule has 0 amide bonds. The molecule has 0 unspecified atom stereocenters. The molecule has 58 valence electrons. The molecule has 0 fully saturated rings. The first kappa shape index (κ1) is 7.92. The molecule has 0 aromatic carbocycles. The first-order chi connectivity index (χ1) is 5.15. The van der Waals surface area contributed by atoms with E-state index in [1.165, 1.54) is 0 Å². The molecule has 0 aromatic rings. The van der Waals surface area contributed by atoms with Crippen LogP contribution in [0.25, 0.3) is 0 Å². The summed E-state index contributed by atoms with van der Waals surface area (Å²) in [6.45, 7) is 0. The van der Waals surface area contributed by atoms with Gasteiger partial charge < -0.3 is 10.2 Å². The summed E-state index contributed by atoms with van der Waals surface area (Å²) in [5, 5.41) is 26.4. The number of nitriles is 1. The van der Waals surface area contributed by atoms with E-state index in [4.69, 9.17) is 15.5 Å². The van der Waals surface area contributed by atoms with Gasteiger partial charge >= 0.3 is 0 Å². The molecule has 0 radical (unpaired) electrons. The lowest BCUT2D eigenvalue weighted by molar-refractivity contribution is -0.118. The van der Waals surface area contributed by atoms with Crippen LogP contribution in [0.2, 0.25) is 0 Å². The van der Waals surface area contributed by atoms with Crippen LogP contribution in [-0.4, -0.2) is 28.2 Å². The van der Waals surface area contributed by atoms with Gasteiger partial charge in [-0.1, -0.05) is 0 Å². The van der Waals surface area contributed by atoms with Gasteiger partial charge in [0.25, 0.3) is 0 Å². The maximum Gasteiger partial charge on any atom is 0.159 e. The molecule has 0 bridgehead atoms. The Morgan fingerprint density at radius 1 is 1.64 bits per heavy atom. The first-order valence-corrected chi connectivity index (χ1v) is 3.16. The standard InChI is InChI=1S/C7H7NO3/c8-3-4-1-5(9)2-6(10)7(4)11/h1,6-7,10-11H,2H2/t6-,7+/m0/s1. The minimum Gasteiger partial charge on any atom is -0.390 e. The lowest BCUT2D eigenvalue weighted by Crippen LogP contribution is -2.33. The highest BCUT2D eigenvalue weighted by Crippen LogP contribution is 2.15. The van der Waals surface area contributed by atoms with Crippen LogP contribution < -0.4 is 0 Å². The van der Waals surface area contributed by atoms with Crippen molar-refractivity contribution < 1.29 is 15.0 Å². The highest BCUT2D eigenvalue weighted by atomic mass is 16.3. The van der Waals surface area contributed by atoms with Crippen molar-refractivity contribution >= 4 is 5.78 Å². The SMILES string of the molecule is N#CC1=CC(=O)C[C@H](O)[C@@H]1O. The molecule has 2 N–H and O–H groups in total. The number of nitrogens with zero attached hydrogens (tertiary/aromatic N) is 1. The van der Waals surface area contributed by atoms with Crippen molar-refractivity contribution in [2.45, 2.75) is 18.6 Å². The maximum absolute atomic E-state index is 10.7. The fourth-order valence-corrected chi connectivity index (χ4v) is 0.941. The summed E-state index contributed by atoms with van der Waals surface area (Å²) in [7, 11) is 0. The van der Waals surface area contributed by atoms with Gasteiger partial charge in [0.1, 0.15) is 6.10 Å². The molecule has 0 heterocycles. The number of hydrogen-bond acceptors (Lipinski definition) is 4. The Hall–Kier alpha value is -1.18. The Morgan fingerprint density at radius 2 is 2.27 bits per heavy atom. The van der Waals surface area contributed by atoms with E-state index in [2.05, 4.69) is 0 Å². The van der Waals surface area contributed by atoms with Crippen molar-refractivity contribution in [1.29, 1.82) is 5.26 Å². The summed E-state index contributed by atoms with van der Waals surface area (Å²) >= 11 is 0. The molecule has 4 heteroatoms. The second kappa shape index (κ2) is 2.82. The van der Waals surface area contributed by atoms with E-state index in [1.54, 1.807) is 6.07 Å². The number of allylic oxidation sites excluding steroid dienone is 1. The molecule has 0 saturated carbocycles. The summed E-state index contributed by atoms with van der Waals surface area (Å²) in [6, 6.07) is 1.64. The third-order valence-corrected chi connectivity index (χ3v) is 1.54. The van der Waals surface area contributed by atoms with Crippen LogP contribution in [0, 0.1) is 11.3 Å². The largest absolute Gasteiger partial charge is 0.390 e. The number of aliphatic hydroxyl groups excluding tert-OH is 2. The zero-order valence-electron chi connectivity index (χ0n) is 5.69. The van der Waals surface area contributed by atoms with E-state index in [0.717, 1.165) is 6.08 Å². The third kappa shape index (κ3) is 1.45. The zero-order chi connectivity index (χ0) is 8.43. The molecule has 4 nitrogen and oxygen atoms in total. The zero-order valence-corrected chi connectivity index (χ0v) is 5.69. The van der Waals surface area contributed by atoms with Gasteiger partial charge in [-0.2, -0.15) is 5.26 Å². The third-order valence-electron chi connectivity index (χ3n) is 1.54. The van der Waals surface area contributed by atoms with Gasteiger partial charge in [0.15, 0.2) is 5.78 Å². The quantitative estimate of drug-likeness (QED) is 0.474. The van der Waals surface area contributed by atoms with Crippen LogP contribution >= 0.6 is 0 Å². The number of aliphatic hydroxyl groups is 2. The van der Waals surface area contributed by atoms with Crippen LogP contribution in [0.3, 0.4) is 0 Å². The summed E-state index contributed by atoms with van der Waals surface area (Å²) in [6.07, 6.45) is -1.36. The highest BCUT2D eigenvalue weighted by Gasteiger charge is 2.27. The van der Waals surface area contributed by atoms with Crippen molar-refractivity contribution in [3.05, 3.63) is 11.6 Å². The predicted molar refractivity (Wildman–Crippen MR) is 35.3 cm³/mol. The van der Waals surface area contributed by atoms with Gasteiger partial charge in [0.05, 0.1) is 17.7 Å². The molecule has 0 saturated heterocycles. The minimum atomic E-state index is -1.20. The van der Waals surface area contributed by atoms with Crippen LogP contribution in [0.1, 0.15) is 6.42 Å². The Kier molecular flexibility index (Phi) is 2.03. The summed E-state index contributed by atoms with van der Waals surface area (Å²) in [4.78, 5) is 10.7. The van der Waals surface area contributed by atoms with Gasteiger partial charge in [0.2, 0.25) is 0 Å². The number of rotatable bonds is 0. The number of ketones is 1. The monoisotopic (exact) mass is 153 g/mol. The molecular weight excluding hydrogens is 146 g/mol. The molecule has 1 aliphatic carbocycles. The van der Waals surface area contributed by atoms with Crippen LogP contribution in [0.15, 0.2) is 11.6 Å². The summed E-state index contributed by atoms with van der Waals surface area (Å²) in [5.41, 5.74) is -0.0613. The normalized spacial score (nSPS) is 31.0. The minimum absolute atomic E-state index is 0.0613. The van der Waals surface area contributed by atoms with E-state index in [1.807, 2.05) is 0 Å². The Labute approximate surface area is 63.4 Å². The molecular formula is C7H7NO3. The average molecular weight is 153 g/mol. The Bertz CT molecular complexity index is 251. The van der Waals surface area contributed by atoms with Gasteiger partial charge in [-0.15, -0.1) is 0 Å². The van der Waals surface area contributed by atoms with E-state index in [-0.39, 0.29) is 17.8 Å². The van der Waals surface area contributed by atoms with Crippen molar-refractivity contribution in [3.8, 4) is 6.07 Å². The van der Waals surface area contributed by atoms with Crippen LogP contribution in [0.5, 0.6) is 0 Å². The number of carbonyl (C=O) groups excluding carboxylic acids is 1. The molecule has 1 rings (SSSR count). The van der Waals surface area contributed by atoms with Crippen molar-refractivity contribution in [2.24, 2.45) is 0 Å². The van der Waals surface area contributed by atoms with E-state index in [0.29, 0.717) is 0 Å². The van der Waals surface area contributed by atoms with Gasteiger partial charge in [-0.25, -0.2) is 0 Å². The van der Waals surface area contributed by atoms with E-state index >= 15 is 0 Å². The summed E-state index contributed by atoms with van der Waals surface area (Å²) in [5.74, 6) is -0.320. The number of hydrogen-bond donors (Lipinski definition) is 2.